The number of carboxylic acid groups (broad SMARTS) is 1. The molecule has 0 atom stereocenters. The zero-order chi connectivity index (χ0) is 12.0. The zero-order valence-corrected chi connectivity index (χ0v) is 8.75. The molecule has 1 N–H and O–H groups in total. The van der Waals surface area contributed by atoms with Crippen molar-refractivity contribution in [1.82, 2.24) is 9.97 Å². The number of hydrogen-bond acceptors (Lipinski definition) is 5. The number of rotatable bonds is 5. The van der Waals surface area contributed by atoms with E-state index in [2.05, 4.69) is 15.9 Å². The van der Waals surface area contributed by atoms with E-state index in [-0.39, 0.29) is 13.1 Å². The molecule has 0 aliphatic rings. The Morgan fingerprint density at radius 2 is 2.44 bits per heavy atom. The number of nitrogens with zero attached hydrogens (tertiary/aromatic N) is 3. The van der Waals surface area contributed by atoms with Gasteiger partial charge in [-0.25, -0.2) is 9.97 Å². The van der Waals surface area contributed by atoms with E-state index in [0.29, 0.717) is 11.7 Å². The number of carboxylic acids is 1. The molecule has 16 heavy (non-hydrogen) atoms. The van der Waals surface area contributed by atoms with Crippen LogP contribution in [0.4, 0.5) is 5.82 Å². The van der Waals surface area contributed by atoms with Crippen LogP contribution in [-0.4, -0.2) is 41.2 Å². The summed E-state index contributed by atoms with van der Waals surface area (Å²) in [6.07, 6.45) is 6.44. The number of methoxy groups -OCH3 is 1. The molecule has 1 rings (SSSR count). The van der Waals surface area contributed by atoms with Gasteiger partial charge in [-0.15, -0.1) is 6.42 Å². The van der Waals surface area contributed by atoms with Crippen LogP contribution in [0.5, 0.6) is 5.88 Å². The highest BCUT2D eigenvalue weighted by molar-refractivity contribution is 5.73. The van der Waals surface area contributed by atoms with Gasteiger partial charge in [0.1, 0.15) is 18.7 Å². The summed E-state index contributed by atoms with van der Waals surface area (Å²) in [7, 11) is 1.47. The lowest BCUT2D eigenvalue weighted by atomic mass is 10.4. The van der Waals surface area contributed by atoms with Gasteiger partial charge in [0.2, 0.25) is 5.88 Å². The maximum atomic E-state index is 10.6. The van der Waals surface area contributed by atoms with Gasteiger partial charge < -0.3 is 14.7 Å². The smallest absolute Gasteiger partial charge is 0.323 e. The average molecular weight is 221 g/mol. The largest absolute Gasteiger partial charge is 0.481 e. The third-order valence-electron chi connectivity index (χ3n) is 1.77. The van der Waals surface area contributed by atoms with Crippen LogP contribution in [0.1, 0.15) is 0 Å². The second kappa shape index (κ2) is 5.56. The Labute approximate surface area is 92.9 Å². The highest BCUT2D eigenvalue weighted by Gasteiger charge is 2.11. The minimum absolute atomic E-state index is 0.159. The first-order valence-corrected chi connectivity index (χ1v) is 4.43. The van der Waals surface area contributed by atoms with Gasteiger partial charge in [0.05, 0.1) is 13.7 Å². The number of aromatic nitrogens is 2. The molecular weight excluding hydrogens is 210 g/mol. The van der Waals surface area contributed by atoms with Crippen LogP contribution < -0.4 is 9.64 Å². The summed E-state index contributed by atoms with van der Waals surface area (Å²) in [5.41, 5.74) is 0. The lowest BCUT2D eigenvalue weighted by Crippen LogP contribution is -2.30. The standard InChI is InChI=1S/C10H11N3O3/c1-3-4-13(6-10(14)15)8-5-9(16-2)12-7-11-8/h1,5,7H,4,6H2,2H3,(H,14,15). The van der Waals surface area contributed by atoms with E-state index >= 15 is 0 Å². The maximum absolute atomic E-state index is 10.6. The first-order chi connectivity index (χ1) is 7.67. The van der Waals surface area contributed by atoms with Crippen LogP contribution in [0, 0.1) is 12.3 Å². The van der Waals surface area contributed by atoms with Gasteiger partial charge >= 0.3 is 5.97 Å². The molecule has 0 aromatic carbocycles. The van der Waals surface area contributed by atoms with E-state index in [4.69, 9.17) is 16.3 Å². The molecule has 0 aliphatic carbocycles. The van der Waals surface area contributed by atoms with Gasteiger partial charge in [-0.2, -0.15) is 0 Å². The van der Waals surface area contributed by atoms with Crippen molar-refractivity contribution >= 4 is 11.8 Å². The van der Waals surface area contributed by atoms with E-state index in [1.165, 1.54) is 24.4 Å². The summed E-state index contributed by atoms with van der Waals surface area (Å²) in [6.45, 7) is -0.0587. The van der Waals surface area contributed by atoms with Gasteiger partial charge in [-0.1, -0.05) is 5.92 Å². The molecule has 0 saturated carbocycles. The van der Waals surface area contributed by atoms with Crippen LogP contribution in [0.15, 0.2) is 12.4 Å². The fourth-order valence-electron chi connectivity index (χ4n) is 1.11. The van der Waals surface area contributed by atoms with Crippen LogP contribution >= 0.6 is 0 Å². The summed E-state index contributed by atoms with van der Waals surface area (Å²) in [5, 5.41) is 8.71. The van der Waals surface area contributed by atoms with Gasteiger partial charge in [0.15, 0.2) is 0 Å². The van der Waals surface area contributed by atoms with E-state index in [1.807, 2.05) is 0 Å². The molecular formula is C10H11N3O3. The lowest BCUT2D eigenvalue weighted by Gasteiger charge is -2.18. The Morgan fingerprint density at radius 3 is 3.00 bits per heavy atom. The number of aliphatic carboxylic acids is 1. The minimum Gasteiger partial charge on any atom is -0.481 e. The van der Waals surface area contributed by atoms with E-state index in [1.54, 1.807) is 0 Å². The molecule has 0 spiro atoms. The fourth-order valence-corrected chi connectivity index (χ4v) is 1.11. The van der Waals surface area contributed by atoms with E-state index in [0.717, 1.165) is 0 Å². The second-order valence-corrected chi connectivity index (χ2v) is 2.87. The van der Waals surface area contributed by atoms with Crippen molar-refractivity contribution < 1.29 is 14.6 Å². The molecule has 0 aliphatic heterocycles. The molecule has 6 nitrogen and oxygen atoms in total. The average Bonchev–Trinajstić information content (AvgIpc) is 2.28. The lowest BCUT2D eigenvalue weighted by molar-refractivity contribution is -0.135. The predicted octanol–water partition coefficient (Wildman–Crippen LogP) is 0.00940. The Kier molecular flexibility index (Phi) is 4.09. The predicted molar refractivity (Wildman–Crippen MR) is 57.3 cm³/mol. The molecule has 1 aromatic rings. The molecule has 0 saturated heterocycles. The molecule has 1 aromatic heterocycles. The molecule has 0 bridgehead atoms. The maximum Gasteiger partial charge on any atom is 0.323 e. The van der Waals surface area contributed by atoms with E-state index < -0.39 is 5.97 Å². The second-order valence-electron chi connectivity index (χ2n) is 2.87. The first kappa shape index (κ1) is 11.8. The van der Waals surface area contributed by atoms with Crippen molar-refractivity contribution in [3.63, 3.8) is 0 Å². The van der Waals surface area contributed by atoms with Crippen molar-refractivity contribution in [3.8, 4) is 18.2 Å². The third kappa shape index (κ3) is 3.13. The zero-order valence-electron chi connectivity index (χ0n) is 8.75. The van der Waals surface area contributed by atoms with E-state index in [9.17, 15) is 4.79 Å². The van der Waals surface area contributed by atoms with Gasteiger partial charge in [0, 0.05) is 6.07 Å². The normalized spacial score (nSPS) is 9.25. The number of hydrogen-bond donors (Lipinski definition) is 1. The minimum atomic E-state index is -0.979. The van der Waals surface area contributed by atoms with Crippen molar-refractivity contribution in [2.75, 3.05) is 25.1 Å². The molecule has 1 heterocycles. The van der Waals surface area contributed by atoms with Gasteiger partial charge in [-0.3, -0.25) is 4.79 Å². The van der Waals surface area contributed by atoms with Crippen LogP contribution in [0.25, 0.3) is 0 Å². The number of ether oxygens (including phenoxy) is 1. The van der Waals surface area contributed by atoms with Crippen LogP contribution in [0.3, 0.4) is 0 Å². The summed E-state index contributed by atoms with van der Waals surface area (Å²) < 4.78 is 4.91. The fraction of sp³-hybridized carbons (Fsp3) is 0.300. The SMILES string of the molecule is C#CCN(CC(=O)O)c1cc(OC)ncn1. The summed E-state index contributed by atoms with van der Waals surface area (Å²) in [4.78, 5) is 19.8. The van der Waals surface area contributed by atoms with Gasteiger partial charge in [0.25, 0.3) is 0 Å². The molecule has 6 heteroatoms. The summed E-state index contributed by atoms with van der Waals surface area (Å²) in [6, 6.07) is 1.53. The molecule has 0 unspecified atom stereocenters. The van der Waals surface area contributed by atoms with Gasteiger partial charge in [-0.05, 0) is 0 Å². The Hall–Kier alpha value is -2.29. The van der Waals surface area contributed by atoms with Crippen molar-refractivity contribution in [2.45, 2.75) is 0 Å². The Bertz CT molecular complexity index is 414. The molecule has 0 radical (unpaired) electrons. The summed E-state index contributed by atoms with van der Waals surface area (Å²) >= 11 is 0. The van der Waals surface area contributed by atoms with Crippen molar-refractivity contribution in [2.24, 2.45) is 0 Å². The number of anilines is 1. The monoisotopic (exact) mass is 221 g/mol. The highest BCUT2D eigenvalue weighted by Crippen LogP contribution is 2.14. The quantitative estimate of drug-likeness (QED) is 0.706. The third-order valence-corrected chi connectivity index (χ3v) is 1.77. The van der Waals surface area contributed by atoms with Crippen LogP contribution in [0.2, 0.25) is 0 Å². The highest BCUT2D eigenvalue weighted by atomic mass is 16.5. The molecule has 0 amide bonds. The first-order valence-electron chi connectivity index (χ1n) is 4.43. The van der Waals surface area contributed by atoms with Crippen LogP contribution in [-0.2, 0) is 4.79 Å². The Balaban J connectivity index is 2.91. The number of carbonyl (C=O) groups is 1. The van der Waals surface area contributed by atoms with Crippen molar-refractivity contribution in [1.29, 1.82) is 0 Å². The Morgan fingerprint density at radius 1 is 1.69 bits per heavy atom. The van der Waals surface area contributed by atoms with Crippen molar-refractivity contribution in [3.05, 3.63) is 12.4 Å². The summed E-state index contributed by atoms with van der Waals surface area (Å²) in [5.74, 6) is 2.17. The topological polar surface area (TPSA) is 75.6 Å². The number of terminal acetylenes is 1. The molecule has 0 fully saturated rings. The molecule has 84 valence electrons.